The minimum atomic E-state index is -1.05. The molecule has 6 nitrogen and oxygen atoms in total. The largest absolute Gasteiger partial charge is 0.486 e. The monoisotopic (exact) mass is 265 g/mol. The van der Waals surface area contributed by atoms with Gasteiger partial charge in [-0.05, 0) is 24.6 Å². The Morgan fingerprint density at radius 2 is 1.84 bits per heavy atom. The Morgan fingerprint density at radius 1 is 1.26 bits per heavy atom. The normalized spacial score (nSPS) is 12.9. The summed E-state index contributed by atoms with van der Waals surface area (Å²) < 4.78 is 10.8. The molecular formula is C13H15NO5. The maximum Gasteiger partial charge on any atom is 0.323 e. The number of ether oxygens (including phenoxy) is 2. The van der Waals surface area contributed by atoms with Gasteiger partial charge in [-0.2, -0.15) is 0 Å². The van der Waals surface area contributed by atoms with E-state index in [1.54, 1.807) is 19.1 Å². The maximum absolute atomic E-state index is 12.2. The number of carboxylic acids is 1. The van der Waals surface area contributed by atoms with Crippen LogP contribution in [0.15, 0.2) is 12.1 Å². The van der Waals surface area contributed by atoms with Crippen LogP contribution in [0.25, 0.3) is 0 Å². The fraction of sp³-hybridized carbons (Fsp3) is 0.385. The van der Waals surface area contributed by atoms with Crippen LogP contribution in [0.5, 0.6) is 11.5 Å². The average molecular weight is 265 g/mol. The lowest BCUT2D eigenvalue weighted by atomic mass is 10.1. The van der Waals surface area contributed by atoms with Crippen molar-refractivity contribution in [2.45, 2.75) is 6.92 Å². The first kappa shape index (κ1) is 13.2. The van der Waals surface area contributed by atoms with E-state index in [-0.39, 0.29) is 12.5 Å². The van der Waals surface area contributed by atoms with Crippen molar-refractivity contribution in [1.82, 2.24) is 4.90 Å². The van der Waals surface area contributed by atoms with Gasteiger partial charge in [0.1, 0.15) is 19.8 Å². The zero-order valence-corrected chi connectivity index (χ0v) is 10.8. The van der Waals surface area contributed by atoms with E-state index in [4.69, 9.17) is 14.6 Å². The molecule has 0 saturated heterocycles. The molecule has 2 rings (SSSR count). The highest BCUT2D eigenvalue weighted by Gasteiger charge is 2.21. The van der Waals surface area contributed by atoms with Gasteiger partial charge < -0.3 is 19.5 Å². The van der Waals surface area contributed by atoms with Gasteiger partial charge in [-0.1, -0.05) is 0 Å². The van der Waals surface area contributed by atoms with E-state index in [2.05, 4.69) is 0 Å². The van der Waals surface area contributed by atoms with Gasteiger partial charge in [0.25, 0.3) is 5.91 Å². The van der Waals surface area contributed by atoms with E-state index in [0.29, 0.717) is 30.3 Å². The van der Waals surface area contributed by atoms with Gasteiger partial charge in [0, 0.05) is 12.6 Å². The van der Waals surface area contributed by atoms with Crippen LogP contribution in [0, 0.1) is 6.92 Å². The Bertz CT molecular complexity index is 526. The smallest absolute Gasteiger partial charge is 0.323 e. The fourth-order valence-electron chi connectivity index (χ4n) is 1.90. The summed E-state index contributed by atoms with van der Waals surface area (Å²) in [5.74, 6) is -0.270. The second-order valence-electron chi connectivity index (χ2n) is 4.37. The summed E-state index contributed by atoms with van der Waals surface area (Å²) in [6.07, 6.45) is 0. The zero-order chi connectivity index (χ0) is 14.0. The summed E-state index contributed by atoms with van der Waals surface area (Å²) in [7, 11) is 1.45. The van der Waals surface area contributed by atoms with Crippen molar-refractivity contribution in [1.29, 1.82) is 0 Å². The summed E-state index contributed by atoms with van der Waals surface area (Å²) in [5, 5.41) is 8.70. The van der Waals surface area contributed by atoms with Gasteiger partial charge in [0.2, 0.25) is 0 Å². The SMILES string of the molecule is Cc1cc2c(cc1C(=O)N(C)CC(=O)O)OCCO2. The number of aliphatic carboxylic acids is 1. The van der Waals surface area contributed by atoms with Crippen molar-refractivity contribution >= 4 is 11.9 Å². The first-order valence-electron chi connectivity index (χ1n) is 5.86. The quantitative estimate of drug-likeness (QED) is 0.879. The van der Waals surface area contributed by atoms with Crippen molar-refractivity contribution in [2.24, 2.45) is 0 Å². The maximum atomic E-state index is 12.2. The van der Waals surface area contributed by atoms with Gasteiger partial charge in [-0.3, -0.25) is 9.59 Å². The highest BCUT2D eigenvalue weighted by atomic mass is 16.6. The molecule has 0 fully saturated rings. The first-order valence-corrected chi connectivity index (χ1v) is 5.86. The summed E-state index contributed by atoms with van der Waals surface area (Å²) >= 11 is 0. The molecule has 1 heterocycles. The predicted molar refractivity (Wildman–Crippen MR) is 66.8 cm³/mol. The van der Waals surface area contributed by atoms with Crippen LogP contribution < -0.4 is 9.47 Å². The minimum absolute atomic E-state index is 0.341. The predicted octanol–water partition coefficient (Wildman–Crippen LogP) is 0.923. The van der Waals surface area contributed by atoms with Gasteiger partial charge >= 0.3 is 5.97 Å². The number of carbonyl (C=O) groups excluding carboxylic acids is 1. The number of hydrogen-bond donors (Lipinski definition) is 1. The van der Waals surface area contributed by atoms with E-state index in [1.807, 2.05) is 0 Å². The third-order valence-corrected chi connectivity index (χ3v) is 2.84. The Hall–Kier alpha value is -2.24. The van der Waals surface area contributed by atoms with Crippen molar-refractivity contribution < 1.29 is 24.2 Å². The van der Waals surface area contributed by atoms with Gasteiger partial charge in [0.15, 0.2) is 11.5 Å². The van der Waals surface area contributed by atoms with E-state index < -0.39 is 5.97 Å². The van der Waals surface area contributed by atoms with Crippen LogP contribution in [-0.4, -0.2) is 48.7 Å². The molecule has 1 aromatic rings. The Morgan fingerprint density at radius 3 is 2.42 bits per heavy atom. The number of nitrogens with zero attached hydrogens (tertiary/aromatic N) is 1. The number of amides is 1. The first-order chi connectivity index (χ1) is 8.99. The molecule has 1 aliphatic rings. The summed E-state index contributed by atoms with van der Waals surface area (Å²) in [6, 6.07) is 3.33. The van der Waals surface area contributed by atoms with Crippen molar-refractivity contribution in [3.05, 3.63) is 23.3 Å². The van der Waals surface area contributed by atoms with Gasteiger partial charge in [-0.15, -0.1) is 0 Å². The molecule has 1 amide bonds. The lowest BCUT2D eigenvalue weighted by Crippen LogP contribution is -2.32. The lowest BCUT2D eigenvalue weighted by molar-refractivity contribution is -0.137. The zero-order valence-electron chi connectivity index (χ0n) is 10.8. The highest BCUT2D eigenvalue weighted by molar-refractivity contribution is 5.97. The van der Waals surface area contributed by atoms with Crippen LogP contribution in [0.4, 0.5) is 0 Å². The lowest BCUT2D eigenvalue weighted by Gasteiger charge is -2.21. The van der Waals surface area contributed by atoms with Crippen LogP contribution in [0.3, 0.4) is 0 Å². The Balaban J connectivity index is 2.29. The van der Waals surface area contributed by atoms with E-state index >= 15 is 0 Å². The van der Waals surface area contributed by atoms with Gasteiger partial charge in [-0.25, -0.2) is 0 Å². The molecule has 1 aliphatic heterocycles. The molecule has 6 heteroatoms. The number of fused-ring (bicyclic) bond motifs is 1. The van der Waals surface area contributed by atoms with Crippen LogP contribution >= 0.6 is 0 Å². The number of likely N-dealkylation sites (N-methyl/N-ethyl adjacent to an activating group) is 1. The highest BCUT2D eigenvalue weighted by Crippen LogP contribution is 2.33. The molecule has 0 aromatic heterocycles. The van der Waals surface area contributed by atoms with Crippen LogP contribution in [0.1, 0.15) is 15.9 Å². The molecule has 1 N–H and O–H groups in total. The molecule has 0 aliphatic carbocycles. The van der Waals surface area contributed by atoms with Crippen molar-refractivity contribution in [2.75, 3.05) is 26.8 Å². The molecule has 0 radical (unpaired) electrons. The molecule has 0 saturated carbocycles. The molecule has 19 heavy (non-hydrogen) atoms. The van der Waals surface area contributed by atoms with Crippen molar-refractivity contribution in [3.8, 4) is 11.5 Å². The standard InChI is InChI=1S/C13H15NO5/c1-8-5-10-11(19-4-3-18-10)6-9(8)13(17)14(2)7-12(15)16/h5-6H,3-4,7H2,1-2H3,(H,15,16). The second kappa shape index (κ2) is 5.17. The van der Waals surface area contributed by atoms with E-state index in [9.17, 15) is 9.59 Å². The van der Waals surface area contributed by atoms with E-state index in [0.717, 1.165) is 10.5 Å². The number of carbonyl (C=O) groups is 2. The van der Waals surface area contributed by atoms with Crippen molar-refractivity contribution in [3.63, 3.8) is 0 Å². The molecule has 0 atom stereocenters. The third-order valence-electron chi connectivity index (χ3n) is 2.84. The number of benzene rings is 1. The number of aryl methyl sites for hydroxylation is 1. The minimum Gasteiger partial charge on any atom is -0.486 e. The van der Waals surface area contributed by atoms with Crippen LogP contribution in [-0.2, 0) is 4.79 Å². The Labute approximate surface area is 110 Å². The average Bonchev–Trinajstić information content (AvgIpc) is 2.36. The molecule has 0 unspecified atom stereocenters. The fourth-order valence-corrected chi connectivity index (χ4v) is 1.90. The summed E-state index contributed by atoms with van der Waals surface area (Å²) in [5.41, 5.74) is 1.15. The summed E-state index contributed by atoms with van der Waals surface area (Å²) in [6.45, 7) is 2.36. The third kappa shape index (κ3) is 2.78. The molecular weight excluding hydrogens is 250 g/mol. The van der Waals surface area contributed by atoms with E-state index in [1.165, 1.54) is 7.05 Å². The topological polar surface area (TPSA) is 76.1 Å². The number of hydrogen-bond acceptors (Lipinski definition) is 4. The molecule has 1 aromatic carbocycles. The summed E-state index contributed by atoms with van der Waals surface area (Å²) in [4.78, 5) is 23.9. The molecule has 0 spiro atoms. The van der Waals surface area contributed by atoms with Gasteiger partial charge in [0.05, 0.1) is 0 Å². The Kier molecular flexibility index (Phi) is 3.59. The molecule has 0 bridgehead atoms. The number of rotatable bonds is 3. The molecule has 102 valence electrons. The second-order valence-corrected chi connectivity index (χ2v) is 4.37. The number of carboxylic acid groups (broad SMARTS) is 1. The van der Waals surface area contributed by atoms with Crippen LogP contribution in [0.2, 0.25) is 0 Å².